The van der Waals surface area contributed by atoms with Gasteiger partial charge >= 0.3 is 0 Å². The quantitative estimate of drug-likeness (QED) is 0.127. The van der Waals surface area contributed by atoms with Crippen LogP contribution in [0.15, 0.2) is 52.9 Å². The summed E-state index contributed by atoms with van der Waals surface area (Å²) in [4.78, 5) is 23.6. The number of aromatic nitrogens is 2. The van der Waals surface area contributed by atoms with Crippen molar-refractivity contribution in [2.24, 2.45) is 0 Å². The van der Waals surface area contributed by atoms with Crippen molar-refractivity contribution in [3.05, 3.63) is 97.7 Å². The summed E-state index contributed by atoms with van der Waals surface area (Å²) in [5, 5.41) is 16.5. The summed E-state index contributed by atoms with van der Waals surface area (Å²) in [6.07, 6.45) is -6.36. The molecule has 0 aliphatic rings. The highest BCUT2D eigenvalue weighted by molar-refractivity contribution is 6.32. The van der Waals surface area contributed by atoms with Crippen LogP contribution in [0.5, 0.6) is 11.5 Å². The van der Waals surface area contributed by atoms with Crippen LogP contribution in [-0.4, -0.2) is 20.6 Å². The highest BCUT2D eigenvalue weighted by atomic mass is 35.5. The minimum Gasteiger partial charge on any atom is -0.457 e. The Balaban J connectivity index is 1.55. The SMILES string of the molecule is Cc1cc(C)cc(Oc2cc(NC(=O)c3ccc(Cn4nc(C(F)F)c(Cl)c4C(F)F)o3)cc([N+](=O)[O-])c2)c1. The molecule has 0 unspecified atom stereocenters. The number of halogens is 5. The predicted molar refractivity (Wildman–Crippen MR) is 132 cm³/mol. The van der Waals surface area contributed by atoms with Gasteiger partial charge in [-0.1, -0.05) is 17.7 Å². The van der Waals surface area contributed by atoms with Gasteiger partial charge in [-0.25, -0.2) is 17.6 Å². The lowest BCUT2D eigenvalue weighted by Gasteiger charge is -2.10. The molecule has 9 nitrogen and oxygen atoms in total. The molecule has 0 fully saturated rings. The van der Waals surface area contributed by atoms with Crippen molar-refractivity contribution < 1.29 is 36.4 Å². The lowest BCUT2D eigenvalue weighted by atomic mass is 10.1. The van der Waals surface area contributed by atoms with Gasteiger partial charge in [0.25, 0.3) is 24.4 Å². The number of hydrogen-bond donors (Lipinski definition) is 1. The van der Waals surface area contributed by atoms with Gasteiger partial charge in [0.05, 0.1) is 28.2 Å². The number of nitro groups is 1. The zero-order valence-corrected chi connectivity index (χ0v) is 21.0. The fourth-order valence-electron chi connectivity index (χ4n) is 3.81. The molecule has 0 radical (unpaired) electrons. The van der Waals surface area contributed by atoms with Crippen molar-refractivity contribution in [2.75, 3.05) is 5.32 Å². The first kappa shape index (κ1) is 27.6. The number of ether oxygens (including phenoxy) is 1. The molecule has 0 aliphatic heterocycles. The molecule has 1 N–H and O–H groups in total. The number of rotatable bonds is 9. The van der Waals surface area contributed by atoms with E-state index in [2.05, 4.69) is 10.4 Å². The van der Waals surface area contributed by atoms with Gasteiger partial charge in [0.1, 0.15) is 28.6 Å². The summed E-state index contributed by atoms with van der Waals surface area (Å²) in [5.41, 5.74) is -0.408. The number of hydrogen-bond acceptors (Lipinski definition) is 6. The van der Waals surface area contributed by atoms with Crippen molar-refractivity contribution in [3.63, 3.8) is 0 Å². The average Bonchev–Trinajstić information content (AvgIpc) is 3.42. The summed E-state index contributed by atoms with van der Waals surface area (Å²) in [6, 6.07) is 11.6. The van der Waals surface area contributed by atoms with E-state index >= 15 is 0 Å². The second-order valence-electron chi connectivity index (χ2n) is 8.46. The minimum absolute atomic E-state index is 0.0203. The van der Waals surface area contributed by atoms with Crippen LogP contribution in [0.2, 0.25) is 5.02 Å². The molecular weight excluding hydrogens is 548 g/mol. The second-order valence-corrected chi connectivity index (χ2v) is 8.84. The zero-order chi connectivity index (χ0) is 28.4. The number of nitrogens with zero attached hydrogens (tertiary/aromatic N) is 3. The average molecular weight is 567 g/mol. The molecule has 14 heteroatoms. The Morgan fingerprint density at radius 1 is 1.08 bits per heavy atom. The van der Waals surface area contributed by atoms with Gasteiger partial charge in [0.15, 0.2) is 5.76 Å². The van der Waals surface area contributed by atoms with Crippen LogP contribution in [0, 0.1) is 24.0 Å². The van der Waals surface area contributed by atoms with E-state index in [1.54, 1.807) is 12.1 Å². The van der Waals surface area contributed by atoms with E-state index in [0.717, 1.165) is 17.2 Å². The van der Waals surface area contributed by atoms with Crippen molar-refractivity contribution in [2.45, 2.75) is 33.2 Å². The first-order chi connectivity index (χ1) is 18.4. The van der Waals surface area contributed by atoms with Gasteiger partial charge < -0.3 is 14.5 Å². The normalized spacial score (nSPS) is 11.3. The molecule has 2 heterocycles. The van der Waals surface area contributed by atoms with Gasteiger partial charge in [-0.05, 0) is 49.2 Å². The monoisotopic (exact) mass is 566 g/mol. The van der Waals surface area contributed by atoms with Gasteiger partial charge in [0, 0.05) is 12.1 Å². The number of furan rings is 1. The number of benzene rings is 2. The molecule has 204 valence electrons. The van der Waals surface area contributed by atoms with Crippen molar-refractivity contribution in [1.29, 1.82) is 0 Å². The highest BCUT2D eigenvalue weighted by Crippen LogP contribution is 2.35. The Hall–Kier alpha value is -4.39. The van der Waals surface area contributed by atoms with Crippen LogP contribution in [0.3, 0.4) is 0 Å². The molecule has 2 aromatic heterocycles. The standard InChI is InChI=1S/C25H19ClF4N4O5/c1-12-5-13(2)7-17(6-12)38-18-9-14(8-15(10-18)34(36)37)31-25(35)19-4-3-16(39-19)11-33-22(24(29)30)20(26)21(32-33)23(27)28/h3-10,23-24H,11H2,1-2H3,(H,31,35). The van der Waals surface area contributed by atoms with Crippen molar-refractivity contribution >= 4 is 28.9 Å². The third kappa shape index (κ3) is 6.37. The van der Waals surface area contributed by atoms with Gasteiger partial charge in [-0.3, -0.25) is 19.6 Å². The van der Waals surface area contributed by atoms with Crippen LogP contribution in [0.1, 0.15) is 51.7 Å². The van der Waals surface area contributed by atoms with E-state index in [9.17, 15) is 32.5 Å². The maximum Gasteiger partial charge on any atom is 0.291 e. The smallest absolute Gasteiger partial charge is 0.291 e. The molecule has 4 aromatic rings. The van der Waals surface area contributed by atoms with Gasteiger partial charge in [-0.2, -0.15) is 5.10 Å². The van der Waals surface area contributed by atoms with Crippen molar-refractivity contribution in [3.8, 4) is 11.5 Å². The summed E-state index contributed by atoms with van der Waals surface area (Å²) in [5.74, 6) is -0.619. The van der Waals surface area contributed by atoms with Gasteiger partial charge in [-0.15, -0.1) is 0 Å². The van der Waals surface area contributed by atoms with Crippen LogP contribution >= 0.6 is 11.6 Å². The number of carbonyl (C=O) groups is 1. The first-order valence-electron chi connectivity index (χ1n) is 11.2. The molecule has 0 saturated carbocycles. The molecule has 39 heavy (non-hydrogen) atoms. The Morgan fingerprint density at radius 2 is 1.74 bits per heavy atom. The van der Waals surface area contributed by atoms with E-state index < -0.39 is 46.6 Å². The lowest BCUT2D eigenvalue weighted by Crippen LogP contribution is -2.11. The van der Waals surface area contributed by atoms with E-state index in [4.69, 9.17) is 20.8 Å². The Kier molecular flexibility index (Phi) is 7.90. The molecule has 2 aromatic carbocycles. The number of carbonyl (C=O) groups excluding carboxylic acids is 1. The number of non-ortho nitro benzene ring substituents is 1. The number of amides is 1. The molecule has 0 saturated heterocycles. The van der Waals surface area contributed by atoms with Crippen LogP contribution in [0.25, 0.3) is 0 Å². The van der Waals surface area contributed by atoms with E-state index in [0.29, 0.717) is 10.4 Å². The molecule has 0 aliphatic carbocycles. The number of nitrogens with one attached hydrogen (secondary N) is 1. The maximum atomic E-state index is 13.4. The van der Waals surface area contributed by atoms with E-state index in [-0.39, 0.29) is 28.6 Å². The molecule has 4 rings (SSSR count). The summed E-state index contributed by atoms with van der Waals surface area (Å²) < 4.78 is 64.7. The molecule has 0 atom stereocenters. The largest absolute Gasteiger partial charge is 0.457 e. The lowest BCUT2D eigenvalue weighted by molar-refractivity contribution is -0.384. The zero-order valence-electron chi connectivity index (χ0n) is 20.3. The molecule has 0 bridgehead atoms. The molecular formula is C25H19ClF4N4O5. The maximum absolute atomic E-state index is 13.4. The fraction of sp³-hybridized carbons (Fsp3) is 0.200. The minimum atomic E-state index is -3.19. The van der Waals surface area contributed by atoms with Crippen LogP contribution in [-0.2, 0) is 6.54 Å². The summed E-state index contributed by atoms with van der Waals surface area (Å²) in [6.45, 7) is 3.22. The number of aryl methyl sites for hydroxylation is 2. The van der Waals surface area contributed by atoms with Crippen molar-refractivity contribution in [1.82, 2.24) is 9.78 Å². The highest BCUT2D eigenvalue weighted by Gasteiger charge is 2.28. The molecule has 1 amide bonds. The number of alkyl halides is 4. The van der Waals surface area contributed by atoms with E-state index in [1.807, 2.05) is 19.9 Å². The summed E-state index contributed by atoms with van der Waals surface area (Å²) >= 11 is 5.65. The van der Waals surface area contributed by atoms with Crippen LogP contribution < -0.4 is 10.1 Å². The third-order valence-electron chi connectivity index (χ3n) is 5.35. The van der Waals surface area contributed by atoms with Gasteiger partial charge in [0.2, 0.25) is 0 Å². The van der Waals surface area contributed by atoms with Crippen LogP contribution in [0.4, 0.5) is 28.9 Å². The summed E-state index contributed by atoms with van der Waals surface area (Å²) in [7, 11) is 0. The Labute approximate surface area is 223 Å². The number of nitro benzene ring substituents is 1. The van der Waals surface area contributed by atoms with E-state index in [1.165, 1.54) is 24.3 Å². The fourth-order valence-corrected chi connectivity index (χ4v) is 4.11. The topological polar surface area (TPSA) is 112 Å². The molecule has 0 spiro atoms. The Bertz CT molecular complexity index is 1530. The second kappa shape index (κ2) is 11.2. The first-order valence-corrected chi connectivity index (χ1v) is 11.6. The third-order valence-corrected chi connectivity index (χ3v) is 5.74. The predicted octanol–water partition coefficient (Wildman–Crippen LogP) is 7.62. The number of anilines is 1. The Morgan fingerprint density at radius 3 is 2.36 bits per heavy atom.